The molecule has 0 unspecified atom stereocenters. The van der Waals surface area contributed by atoms with Gasteiger partial charge in [-0.1, -0.05) is 0 Å². The molecular weight excluding hydrogens is 281 g/mol. The van der Waals surface area contributed by atoms with E-state index in [0.29, 0.717) is 12.7 Å². The summed E-state index contributed by atoms with van der Waals surface area (Å²) in [6, 6.07) is 0. The molecule has 0 aromatic rings. The summed E-state index contributed by atoms with van der Waals surface area (Å²) in [6.45, 7) is 16.6. The van der Waals surface area contributed by atoms with Crippen molar-refractivity contribution in [2.75, 3.05) is 12.7 Å². The number of hydrogen-bond donors (Lipinski definition) is 0. The number of rotatable bonds is 7. The number of hydrogen-bond acceptors (Lipinski definition) is 4. The molecular formula is C11H28NO3PSi2. The van der Waals surface area contributed by atoms with Crippen molar-refractivity contribution in [3.05, 3.63) is 0 Å². The van der Waals surface area contributed by atoms with E-state index < -0.39 is 24.2 Å². The molecule has 0 aliphatic heterocycles. The molecule has 0 aliphatic carbocycles. The Bertz CT molecular complexity index is 321. The highest BCUT2D eigenvalue weighted by Gasteiger charge is 2.35. The van der Waals surface area contributed by atoms with Crippen molar-refractivity contribution in [1.82, 2.24) is 0 Å². The first kappa shape index (κ1) is 18.3. The van der Waals surface area contributed by atoms with Gasteiger partial charge < -0.3 is 8.43 Å². The summed E-state index contributed by atoms with van der Waals surface area (Å²) >= 11 is 0. The lowest BCUT2D eigenvalue weighted by Gasteiger charge is -2.30. The van der Waals surface area contributed by atoms with E-state index >= 15 is 0 Å². The van der Waals surface area contributed by atoms with Gasteiger partial charge in [0.05, 0.1) is 12.7 Å². The van der Waals surface area contributed by atoms with Crippen LogP contribution >= 0.6 is 7.60 Å². The van der Waals surface area contributed by atoms with Crippen molar-refractivity contribution in [2.24, 2.45) is 4.99 Å². The standard InChI is InChI=1S/C11H28NO3PSi2/c1-11(2)12-9-10-16(13,14-17(3,4)5)15-18(6,7)8/h9-10H2,1-8H3. The Hall–Kier alpha value is 0.254. The summed E-state index contributed by atoms with van der Waals surface area (Å²) < 4.78 is 24.4. The van der Waals surface area contributed by atoms with Crippen LogP contribution in [0.15, 0.2) is 4.99 Å². The van der Waals surface area contributed by atoms with E-state index in [-0.39, 0.29) is 0 Å². The Labute approximate surface area is 114 Å². The number of nitrogens with zero attached hydrogens (tertiary/aromatic N) is 1. The van der Waals surface area contributed by atoms with Crippen molar-refractivity contribution >= 4 is 29.9 Å². The van der Waals surface area contributed by atoms with Gasteiger partial charge in [0.25, 0.3) is 0 Å². The van der Waals surface area contributed by atoms with Gasteiger partial charge >= 0.3 is 7.60 Å². The minimum absolute atomic E-state index is 0.382. The van der Waals surface area contributed by atoms with Gasteiger partial charge in [-0.15, -0.1) is 0 Å². The fraction of sp³-hybridized carbons (Fsp3) is 0.909. The molecule has 0 saturated heterocycles. The normalized spacial score (nSPS) is 13.6. The predicted octanol–water partition coefficient (Wildman–Crippen LogP) is 4.36. The van der Waals surface area contributed by atoms with Crippen LogP contribution in [0, 0.1) is 0 Å². The van der Waals surface area contributed by atoms with E-state index in [2.05, 4.69) is 4.99 Å². The smallest absolute Gasteiger partial charge is 0.313 e. The van der Waals surface area contributed by atoms with E-state index in [4.69, 9.17) is 8.43 Å². The largest absolute Gasteiger partial charge is 0.352 e. The Morgan fingerprint density at radius 3 is 1.67 bits per heavy atom. The van der Waals surface area contributed by atoms with Crippen LogP contribution in [0.5, 0.6) is 0 Å². The highest BCUT2D eigenvalue weighted by atomic mass is 31.2. The quantitative estimate of drug-likeness (QED) is 0.399. The van der Waals surface area contributed by atoms with Gasteiger partial charge in [-0.25, -0.2) is 0 Å². The molecule has 4 nitrogen and oxygen atoms in total. The maximum absolute atomic E-state index is 12.8. The minimum Gasteiger partial charge on any atom is -0.352 e. The molecule has 0 N–H and O–H groups in total. The molecule has 7 heteroatoms. The molecule has 0 atom stereocenters. The van der Waals surface area contributed by atoms with Gasteiger partial charge in [-0.05, 0) is 53.1 Å². The third-order valence-electron chi connectivity index (χ3n) is 1.63. The Balaban J connectivity index is 4.82. The Kier molecular flexibility index (Phi) is 6.71. The second-order valence-electron chi connectivity index (χ2n) is 6.57. The predicted molar refractivity (Wildman–Crippen MR) is 85.0 cm³/mol. The van der Waals surface area contributed by atoms with E-state index in [1.807, 2.05) is 53.1 Å². The van der Waals surface area contributed by atoms with Gasteiger partial charge in [0.15, 0.2) is 16.6 Å². The highest BCUT2D eigenvalue weighted by molar-refractivity contribution is 7.57. The van der Waals surface area contributed by atoms with Crippen molar-refractivity contribution < 1.29 is 13.0 Å². The second-order valence-corrected chi connectivity index (χ2v) is 18.1. The summed E-state index contributed by atoms with van der Waals surface area (Å²) in [7, 11) is -6.77. The molecule has 0 aromatic heterocycles. The lowest BCUT2D eigenvalue weighted by atomic mass is 10.5. The average Bonchev–Trinajstić information content (AvgIpc) is 1.93. The molecule has 108 valence electrons. The monoisotopic (exact) mass is 309 g/mol. The third-order valence-corrected chi connectivity index (χ3v) is 8.98. The summed E-state index contributed by atoms with van der Waals surface area (Å²) in [6.07, 6.45) is 0.382. The molecule has 0 aromatic carbocycles. The van der Waals surface area contributed by atoms with Crippen molar-refractivity contribution in [3.63, 3.8) is 0 Å². The zero-order chi connectivity index (χ0) is 14.6. The number of aliphatic imine (C=N–C) groups is 1. The molecule has 0 aliphatic rings. The first-order valence-electron chi connectivity index (χ1n) is 6.31. The molecule has 0 amide bonds. The Morgan fingerprint density at radius 1 is 1.00 bits per heavy atom. The fourth-order valence-corrected chi connectivity index (χ4v) is 9.58. The fourth-order valence-electron chi connectivity index (χ4n) is 1.34. The van der Waals surface area contributed by atoms with Crippen LogP contribution in [-0.4, -0.2) is 35.1 Å². The van der Waals surface area contributed by atoms with Crippen LogP contribution < -0.4 is 0 Å². The van der Waals surface area contributed by atoms with Crippen molar-refractivity contribution in [2.45, 2.75) is 53.1 Å². The van der Waals surface area contributed by atoms with E-state index in [9.17, 15) is 4.57 Å². The van der Waals surface area contributed by atoms with Gasteiger partial charge in [-0.3, -0.25) is 9.56 Å². The van der Waals surface area contributed by atoms with E-state index in [0.717, 1.165) is 5.71 Å². The lowest BCUT2D eigenvalue weighted by Crippen LogP contribution is -2.31. The maximum atomic E-state index is 12.8. The maximum Gasteiger partial charge on any atom is 0.313 e. The van der Waals surface area contributed by atoms with E-state index in [1.54, 1.807) is 0 Å². The molecule has 0 spiro atoms. The first-order valence-corrected chi connectivity index (χ1v) is 14.9. The van der Waals surface area contributed by atoms with Crippen molar-refractivity contribution in [3.8, 4) is 0 Å². The third kappa shape index (κ3) is 10.2. The molecule has 0 heterocycles. The first-order chi connectivity index (χ1) is 7.83. The topological polar surface area (TPSA) is 47.9 Å². The zero-order valence-corrected chi connectivity index (χ0v) is 15.9. The van der Waals surface area contributed by atoms with Crippen LogP contribution in [0.4, 0.5) is 0 Å². The summed E-state index contributed by atoms with van der Waals surface area (Å²) in [5.41, 5.74) is 0.988. The van der Waals surface area contributed by atoms with Crippen LogP contribution in [-0.2, 0) is 13.0 Å². The molecule has 18 heavy (non-hydrogen) atoms. The average molecular weight is 309 g/mol. The van der Waals surface area contributed by atoms with Crippen LogP contribution in [0.2, 0.25) is 39.3 Å². The van der Waals surface area contributed by atoms with Gasteiger partial charge in [0.1, 0.15) is 0 Å². The summed E-state index contributed by atoms with van der Waals surface area (Å²) in [5.74, 6) is 0. The van der Waals surface area contributed by atoms with Gasteiger partial charge in [0.2, 0.25) is 0 Å². The minimum atomic E-state index is -3.00. The molecule has 0 fully saturated rings. The zero-order valence-electron chi connectivity index (χ0n) is 13.0. The van der Waals surface area contributed by atoms with Crippen LogP contribution in [0.25, 0.3) is 0 Å². The van der Waals surface area contributed by atoms with E-state index in [1.165, 1.54) is 0 Å². The Morgan fingerprint density at radius 2 is 1.39 bits per heavy atom. The SMILES string of the molecule is CC(C)=NCCP(=O)(O[Si](C)(C)C)O[Si](C)(C)C. The molecule has 0 radical (unpaired) electrons. The van der Waals surface area contributed by atoms with Gasteiger partial charge in [-0.2, -0.15) is 0 Å². The van der Waals surface area contributed by atoms with Crippen LogP contribution in [0.1, 0.15) is 13.8 Å². The highest BCUT2D eigenvalue weighted by Crippen LogP contribution is 2.52. The van der Waals surface area contributed by atoms with Crippen LogP contribution in [0.3, 0.4) is 0 Å². The lowest BCUT2D eigenvalue weighted by molar-refractivity contribution is 0.383. The molecule has 0 saturated carbocycles. The molecule has 0 bridgehead atoms. The van der Waals surface area contributed by atoms with Crippen molar-refractivity contribution in [1.29, 1.82) is 0 Å². The second kappa shape index (κ2) is 6.61. The summed E-state index contributed by atoms with van der Waals surface area (Å²) in [5, 5.41) is 0. The van der Waals surface area contributed by atoms with Gasteiger partial charge in [0, 0.05) is 5.71 Å². The molecule has 0 rings (SSSR count). The summed E-state index contributed by atoms with van der Waals surface area (Å²) in [4.78, 5) is 4.28.